The van der Waals surface area contributed by atoms with Crippen LogP contribution >= 0.6 is 0 Å². The van der Waals surface area contributed by atoms with Crippen molar-refractivity contribution < 1.29 is 18.9 Å². The topological polar surface area (TPSA) is 36.9 Å². The molecular formula is C15H24O4. The molecule has 4 heteroatoms. The summed E-state index contributed by atoms with van der Waals surface area (Å²) in [7, 11) is 3.38. The van der Waals surface area contributed by atoms with Gasteiger partial charge in [-0.15, -0.1) is 0 Å². The molecule has 0 aromatic heterocycles. The van der Waals surface area contributed by atoms with E-state index in [1.807, 2.05) is 24.3 Å². The highest BCUT2D eigenvalue weighted by Gasteiger charge is 1.96. The first-order chi connectivity index (χ1) is 9.36. The average Bonchev–Trinajstić information content (AvgIpc) is 2.44. The van der Waals surface area contributed by atoms with Crippen LogP contribution in [0.1, 0.15) is 18.4 Å². The minimum atomic E-state index is 0.575. The molecule has 0 spiro atoms. The summed E-state index contributed by atoms with van der Waals surface area (Å²) in [6.45, 7) is 3.40. The molecule has 0 fully saturated rings. The molecule has 0 bridgehead atoms. The molecule has 0 saturated carbocycles. The second kappa shape index (κ2) is 10.8. The van der Waals surface area contributed by atoms with E-state index < -0.39 is 0 Å². The van der Waals surface area contributed by atoms with E-state index in [9.17, 15) is 0 Å². The molecule has 19 heavy (non-hydrogen) atoms. The van der Waals surface area contributed by atoms with E-state index in [1.165, 1.54) is 0 Å². The van der Waals surface area contributed by atoms with Gasteiger partial charge in [-0.05, 0) is 30.5 Å². The van der Waals surface area contributed by atoms with Crippen LogP contribution in [0.4, 0.5) is 0 Å². The lowest BCUT2D eigenvalue weighted by Crippen LogP contribution is -2.04. The van der Waals surface area contributed by atoms with E-state index in [1.54, 1.807) is 14.2 Å². The minimum Gasteiger partial charge on any atom is -0.491 e. The van der Waals surface area contributed by atoms with E-state index in [0.29, 0.717) is 19.8 Å². The van der Waals surface area contributed by atoms with Crippen molar-refractivity contribution in [2.45, 2.75) is 19.4 Å². The highest BCUT2D eigenvalue weighted by Crippen LogP contribution is 2.12. The van der Waals surface area contributed by atoms with Crippen molar-refractivity contribution in [2.75, 3.05) is 40.6 Å². The van der Waals surface area contributed by atoms with Crippen LogP contribution in [0.2, 0.25) is 0 Å². The van der Waals surface area contributed by atoms with E-state index in [2.05, 4.69) is 0 Å². The van der Waals surface area contributed by atoms with Crippen LogP contribution in [0.5, 0.6) is 5.75 Å². The van der Waals surface area contributed by atoms with Crippen LogP contribution in [0.25, 0.3) is 0 Å². The number of ether oxygens (including phenoxy) is 4. The van der Waals surface area contributed by atoms with Gasteiger partial charge in [0.05, 0.1) is 13.2 Å². The molecule has 1 rings (SSSR count). The molecule has 0 atom stereocenters. The maximum Gasteiger partial charge on any atom is 0.119 e. The Balaban J connectivity index is 2.13. The normalized spacial score (nSPS) is 10.6. The van der Waals surface area contributed by atoms with Gasteiger partial charge in [-0.2, -0.15) is 0 Å². The summed E-state index contributed by atoms with van der Waals surface area (Å²) in [4.78, 5) is 0. The number of methoxy groups -OCH3 is 2. The quantitative estimate of drug-likeness (QED) is 0.578. The van der Waals surface area contributed by atoms with Gasteiger partial charge in [0.25, 0.3) is 0 Å². The van der Waals surface area contributed by atoms with Gasteiger partial charge in [-0.25, -0.2) is 0 Å². The molecule has 108 valence electrons. The maximum atomic E-state index is 5.59. The Morgan fingerprint density at radius 2 is 1.47 bits per heavy atom. The Kier molecular flexibility index (Phi) is 9.06. The predicted octanol–water partition coefficient (Wildman–Crippen LogP) is 2.66. The molecule has 0 radical (unpaired) electrons. The van der Waals surface area contributed by atoms with Crippen LogP contribution in [0.3, 0.4) is 0 Å². The monoisotopic (exact) mass is 268 g/mol. The highest BCUT2D eigenvalue weighted by atomic mass is 16.5. The highest BCUT2D eigenvalue weighted by molar-refractivity contribution is 5.26. The molecule has 0 saturated heterocycles. The van der Waals surface area contributed by atoms with Gasteiger partial charge in [0.15, 0.2) is 0 Å². The Labute approximate surface area is 115 Å². The third-order valence-corrected chi connectivity index (χ3v) is 2.64. The van der Waals surface area contributed by atoms with Gasteiger partial charge in [-0.3, -0.25) is 0 Å². The van der Waals surface area contributed by atoms with Crippen LogP contribution < -0.4 is 4.74 Å². The van der Waals surface area contributed by atoms with Crippen molar-refractivity contribution in [1.82, 2.24) is 0 Å². The molecule has 0 aliphatic heterocycles. The fraction of sp³-hybridized carbons (Fsp3) is 0.600. The summed E-state index contributed by atoms with van der Waals surface area (Å²) >= 11 is 0. The number of rotatable bonds is 11. The summed E-state index contributed by atoms with van der Waals surface area (Å²) in [6.07, 6.45) is 2.08. The van der Waals surface area contributed by atoms with Crippen LogP contribution in [0, 0.1) is 0 Å². The smallest absolute Gasteiger partial charge is 0.119 e. The first kappa shape index (κ1) is 16.0. The molecular weight excluding hydrogens is 244 g/mol. The maximum absolute atomic E-state index is 5.59. The van der Waals surface area contributed by atoms with Crippen molar-refractivity contribution in [1.29, 1.82) is 0 Å². The molecule has 0 N–H and O–H groups in total. The van der Waals surface area contributed by atoms with Crippen LogP contribution in [-0.2, 0) is 20.8 Å². The Morgan fingerprint density at radius 3 is 2.16 bits per heavy atom. The van der Waals surface area contributed by atoms with Gasteiger partial charge < -0.3 is 18.9 Å². The van der Waals surface area contributed by atoms with Gasteiger partial charge in [0.1, 0.15) is 12.4 Å². The average molecular weight is 268 g/mol. The van der Waals surface area contributed by atoms with Gasteiger partial charge >= 0.3 is 0 Å². The summed E-state index contributed by atoms with van der Waals surface area (Å²) in [5.41, 5.74) is 1.16. The van der Waals surface area contributed by atoms with E-state index in [4.69, 9.17) is 18.9 Å². The fourth-order valence-electron chi connectivity index (χ4n) is 1.57. The summed E-state index contributed by atoms with van der Waals surface area (Å²) in [6, 6.07) is 7.97. The Bertz CT molecular complexity index is 310. The lowest BCUT2D eigenvalue weighted by atomic mass is 10.2. The molecule has 1 aromatic carbocycles. The SMILES string of the molecule is COCCCCOCc1ccc(OCCOC)cc1. The second-order valence-electron chi connectivity index (χ2n) is 4.24. The van der Waals surface area contributed by atoms with Crippen molar-refractivity contribution in [2.24, 2.45) is 0 Å². The fourth-order valence-corrected chi connectivity index (χ4v) is 1.57. The lowest BCUT2D eigenvalue weighted by molar-refractivity contribution is 0.107. The van der Waals surface area contributed by atoms with Crippen molar-refractivity contribution in [3.63, 3.8) is 0 Å². The first-order valence-electron chi connectivity index (χ1n) is 6.64. The molecule has 0 unspecified atom stereocenters. The molecule has 0 amide bonds. The summed E-state index contributed by atoms with van der Waals surface area (Å²) in [5.74, 6) is 0.862. The summed E-state index contributed by atoms with van der Waals surface area (Å²) < 4.78 is 21.0. The molecule has 4 nitrogen and oxygen atoms in total. The number of hydrogen-bond acceptors (Lipinski definition) is 4. The Hall–Kier alpha value is -1.10. The number of benzene rings is 1. The van der Waals surface area contributed by atoms with Crippen LogP contribution in [-0.4, -0.2) is 40.6 Å². The second-order valence-corrected chi connectivity index (χ2v) is 4.24. The summed E-state index contributed by atoms with van der Waals surface area (Å²) in [5, 5.41) is 0. The van der Waals surface area contributed by atoms with E-state index in [-0.39, 0.29) is 0 Å². The Morgan fingerprint density at radius 1 is 0.789 bits per heavy atom. The zero-order valence-corrected chi connectivity index (χ0v) is 11.9. The number of unbranched alkanes of at least 4 members (excludes halogenated alkanes) is 1. The third kappa shape index (κ3) is 7.82. The van der Waals surface area contributed by atoms with Crippen LogP contribution in [0.15, 0.2) is 24.3 Å². The van der Waals surface area contributed by atoms with Crippen molar-refractivity contribution >= 4 is 0 Å². The standard InChI is InChI=1S/C15H24O4/c1-16-9-3-4-10-18-13-14-5-7-15(8-6-14)19-12-11-17-2/h5-8H,3-4,9-13H2,1-2H3. The van der Waals surface area contributed by atoms with E-state index >= 15 is 0 Å². The molecule has 1 aromatic rings. The lowest BCUT2D eigenvalue weighted by Gasteiger charge is -2.07. The zero-order chi connectivity index (χ0) is 13.8. The molecule has 0 heterocycles. The van der Waals surface area contributed by atoms with Crippen molar-refractivity contribution in [3.05, 3.63) is 29.8 Å². The largest absolute Gasteiger partial charge is 0.491 e. The van der Waals surface area contributed by atoms with Gasteiger partial charge in [0, 0.05) is 27.4 Å². The van der Waals surface area contributed by atoms with E-state index in [0.717, 1.165) is 37.4 Å². The predicted molar refractivity (Wildman–Crippen MR) is 74.6 cm³/mol. The molecule has 0 aliphatic rings. The zero-order valence-electron chi connectivity index (χ0n) is 11.9. The molecule has 0 aliphatic carbocycles. The third-order valence-electron chi connectivity index (χ3n) is 2.64. The minimum absolute atomic E-state index is 0.575. The first-order valence-corrected chi connectivity index (χ1v) is 6.64. The van der Waals surface area contributed by atoms with Gasteiger partial charge in [-0.1, -0.05) is 12.1 Å². The van der Waals surface area contributed by atoms with Crippen molar-refractivity contribution in [3.8, 4) is 5.75 Å². The number of hydrogen-bond donors (Lipinski definition) is 0. The van der Waals surface area contributed by atoms with Gasteiger partial charge in [0.2, 0.25) is 0 Å².